The van der Waals surface area contributed by atoms with Crippen molar-refractivity contribution in [3.8, 4) is 5.75 Å². The molecule has 208 valence electrons. The van der Waals surface area contributed by atoms with Gasteiger partial charge in [0.05, 0.1) is 28.8 Å². The number of aliphatic hydroxyl groups is 1. The molecular weight excluding hydrogens is 502 g/mol. The molecule has 8 nitrogen and oxygen atoms in total. The molecule has 3 atom stereocenters. The topological polar surface area (TPSA) is 99.2 Å². The molecule has 4 rings (SSSR count). The van der Waals surface area contributed by atoms with Gasteiger partial charge in [-0.25, -0.2) is 8.42 Å². The third kappa shape index (κ3) is 6.68. The van der Waals surface area contributed by atoms with Gasteiger partial charge in [0.25, 0.3) is 15.9 Å². The molecule has 0 spiro atoms. The van der Waals surface area contributed by atoms with Crippen LogP contribution >= 0.6 is 0 Å². The van der Waals surface area contributed by atoms with E-state index in [1.807, 2.05) is 13.8 Å². The number of fused-ring (bicyclic) bond motifs is 1. The number of amides is 1. The van der Waals surface area contributed by atoms with Crippen molar-refractivity contribution in [1.29, 1.82) is 0 Å². The number of rotatable bonds is 9. The number of para-hydroxylation sites is 1. The van der Waals surface area contributed by atoms with Gasteiger partial charge < -0.3 is 19.6 Å². The van der Waals surface area contributed by atoms with Crippen LogP contribution in [0.2, 0.25) is 0 Å². The zero-order valence-corrected chi connectivity index (χ0v) is 23.5. The van der Waals surface area contributed by atoms with Crippen LogP contribution < -0.4 is 9.46 Å². The summed E-state index contributed by atoms with van der Waals surface area (Å²) < 4.78 is 35.6. The van der Waals surface area contributed by atoms with Gasteiger partial charge in [0.15, 0.2) is 5.75 Å². The number of nitrogens with one attached hydrogen (secondary N) is 1. The van der Waals surface area contributed by atoms with Gasteiger partial charge in [0.1, 0.15) is 6.10 Å². The summed E-state index contributed by atoms with van der Waals surface area (Å²) in [6.45, 7) is 5.76. The first-order valence-corrected chi connectivity index (χ1v) is 15.2. The average Bonchev–Trinajstić information content (AvgIpc) is 2.91. The predicted molar refractivity (Wildman–Crippen MR) is 149 cm³/mol. The Balaban J connectivity index is 1.67. The highest BCUT2D eigenvalue weighted by Crippen LogP contribution is 2.36. The smallest absolute Gasteiger partial charge is 0.262 e. The first-order valence-electron chi connectivity index (χ1n) is 13.7. The van der Waals surface area contributed by atoms with Gasteiger partial charge in [-0.15, -0.1) is 0 Å². The molecule has 1 fully saturated rings. The van der Waals surface area contributed by atoms with Crippen LogP contribution in [0, 0.1) is 11.8 Å². The zero-order chi connectivity index (χ0) is 27.3. The van der Waals surface area contributed by atoms with E-state index in [0.717, 1.165) is 6.54 Å². The summed E-state index contributed by atoms with van der Waals surface area (Å²) in [4.78, 5) is 17.8. The first-order chi connectivity index (χ1) is 18.2. The molecule has 1 heterocycles. The highest BCUT2D eigenvalue weighted by Gasteiger charge is 2.35. The highest BCUT2D eigenvalue weighted by molar-refractivity contribution is 7.92. The first kappa shape index (κ1) is 28.4. The van der Waals surface area contributed by atoms with E-state index in [9.17, 15) is 18.3 Å². The molecule has 0 aromatic heterocycles. The Bertz CT molecular complexity index is 1180. The second-order valence-corrected chi connectivity index (χ2v) is 12.6. The summed E-state index contributed by atoms with van der Waals surface area (Å²) in [6.07, 6.45) is 6.08. The highest BCUT2D eigenvalue weighted by atomic mass is 32.2. The SMILES string of the molecule is C[C@H](CO)N1C[C@H](C)[C@@H](CN(C)CC2CCCCC2)Oc2c(NS(=O)(=O)c3ccccc3)cccc2C1=O. The largest absolute Gasteiger partial charge is 0.486 e. The van der Waals surface area contributed by atoms with E-state index >= 15 is 0 Å². The maximum atomic E-state index is 13.7. The zero-order valence-electron chi connectivity index (χ0n) is 22.7. The minimum atomic E-state index is -3.90. The van der Waals surface area contributed by atoms with Gasteiger partial charge in [-0.1, -0.05) is 50.5 Å². The van der Waals surface area contributed by atoms with Gasteiger partial charge in [0.2, 0.25) is 0 Å². The Morgan fingerprint density at radius 3 is 2.47 bits per heavy atom. The van der Waals surface area contributed by atoms with E-state index in [4.69, 9.17) is 4.74 Å². The third-order valence-corrected chi connectivity index (χ3v) is 9.16. The van der Waals surface area contributed by atoms with Crippen LogP contribution in [0.5, 0.6) is 5.75 Å². The molecule has 2 aliphatic rings. The molecule has 9 heteroatoms. The van der Waals surface area contributed by atoms with E-state index in [1.54, 1.807) is 41.3 Å². The van der Waals surface area contributed by atoms with Crippen LogP contribution in [0.25, 0.3) is 0 Å². The molecule has 2 aromatic rings. The Hall–Kier alpha value is -2.62. The Kier molecular flexibility index (Phi) is 9.33. The fourth-order valence-corrected chi connectivity index (χ4v) is 6.62. The summed E-state index contributed by atoms with van der Waals surface area (Å²) in [5, 5.41) is 9.90. The van der Waals surface area contributed by atoms with Crippen molar-refractivity contribution >= 4 is 21.6 Å². The number of sulfonamides is 1. The summed E-state index contributed by atoms with van der Waals surface area (Å²) in [5.74, 6) is 0.567. The van der Waals surface area contributed by atoms with Crippen molar-refractivity contribution < 1.29 is 23.1 Å². The van der Waals surface area contributed by atoms with Crippen molar-refractivity contribution in [1.82, 2.24) is 9.80 Å². The van der Waals surface area contributed by atoms with Crippen LogP contribution in [0.1, 0.15) is 56.3 Å². The molecule has 1 aliphatic heterocycles. The quantitative estimate of drug-likeness (QED) is 0.491. The number of benzene rings is 2. The van der Waals surface area contributed by atoms with Crippen LogP contribution in [-0.2, 0) is 10.0 Å². The van der Waals surface area contributed by atoms with E-state index in [2.05, 4.69) is 16.7 Å². The third-order valence-electron chi connectivity index (χ3n) is 7.78. The normalized spacial score (nSPS) is 21.8. The number of likely N-dealkylation sites (N-methyl/N-ethyl adjacent to an activating group) is 1. The molecule has 1 saturated carbocycles. The predicted octanol–water partition coefficient (Wildman–Crippen LogP) is 4.22. The molecule has 1 amide bonds. The van der Waals surface area contributed by atoms with Gasteiger partial charge in [0, 0.05) is 25.6 Å². The fraction of sp³-hybridized carbons (Fsp3) is 0.552. The minimum Gasteiger partial charge on any atom is -0.486 e. The van der Waals surface area contributed by atoms with Crippen molar-refractivity contribution in [3.05, 3.63) is 54.1 Å². The molecule has 2 aromatic carbocycles. The Morgan fingerprint density at radius 1 is 1.08 bits per heavy atom. The maximum absolute atomic E-state index is 13.7. The van der Waals surface area contributed by atoms with Crippen molar-refractivity contribution in [3.63, 3.8) is 0 Å². The van der Waals surface area contributed by atoms with Crippen molar-refractivity contribution in [2.45, 2.75) is 63.0 Å². The lowest BCUT2D eigenvalue weighted by Gasteiger charge is -2.39. The van der Waals surface area contributed by atoms with E-state index in [-0.39, 0.29) is 52.5 Å². The van der Waals surface area contributed by atoms with Crippen LogP contribution in [0.4, 0.5) is 5.69 Å². The molecule has 1 aliphatic carbocycles. The Morgan fingerprint density at radius 2 is 1.79 bits per heavy atom. The van der Waals surface area contributed by atoms with Gasteiger partial charge >= 0.3 is 0 Å². The summed E-state index contributed by atoms with van der Waals surface area (Å²) >= 11 is 0. The van der Waals surface area contributed by atoms with E-state index in [0.29, 0.717) is 19.0 Å². The number of ether oxygens (including phenoxy) is 1. The maximum Gasteiger partial charge on any atom is 0.262 e. The number of carbonyl (C=O) groups excluding carboxylic acids is 1. The molecule has 0 unspecified atom stereocenters. The molecule has 0 bridgehead atoms. The van der Waals surface area contributed by atoms with Gasteiger partial charge in [-0.3, -0.25) is 9.52 Å². The second kappa shape index (κ2) is 12.5. The van der Waals surface area contributed by atoms with Gasteiger partial charge in [-0.05, 0) is 57.0 Å². The molecular formula is C29H41N3O5S. The number of aliphatic hydroxyl groups excluding tert-OH is 1. The Labute approximate surface area is 227 Å². The van der Waals surface area contributed by atoms with E-state index < -0.39 is 10.0 Å². The van der Waals surface area contributed by atoms with Crippen LogP contribution in [-0.4, -0.2) is 74.7 Å². The lowest BCUT2D eigenvalue weighted by molar-refractivity contribution is 0.0333. The fourth-order valence-electron chi connectivity index (χ4n) is 5.54. The number of carbonyl (C=O) groups is 1. The summed E-state index contributed by atoms with van der Waals surface area (Å²) in [5.41, 5.74) is 0.510. The second-order valence-electron chi connectivity index (χ2n) is 10.9. The van der Waals surface area contributed by atoms with Crippen LogP contribution in [0.3, 0.4) is 0 Å². The minimum absolute atomic E-state index is 0.0475. The molecule has 0 radical (unpaired) electrons. The molecule has 2 N–H and O–H groups in total. The van der Waals surface area contributed by atoms with E-state index in [1.165, 1.54) is 44.2 Å². The van der Waals surface area contributed by atoms with Crippen molar-refractivity contribution in [2.24, 2.45) is 11.8 Å². The molecule has 0 saturated heterocycles. The molecule has 38 heavy (non-hydrogen) atoms. The monoisotopic (exact) mass is 543 g/mol. The number of anilines is 1. The average molecular weight is 544 g/mol. The summed E-state index contributed by atoms with van der Waals surface area (Å²) in [6, 6.07) is 12.7. The number of hydrogen-bond acceptors (Lipinski definition) is 6. The lowest BCUT2D eigenvalue weighted by atomic mass is 9.89. The van der Waals surface area contributed by atoms with Crippen LogP contribution in [0.15, 0.2) is 53.4 Å². The van der Waals surface area contributed by atoms with Crippen molar-refractivity contribution in [2.75, 3.05) is 38.0 Å². The van der Waals surface area contributed by atoms with Gasteiger partial charge in [-0.2, -0.15) is 0 Å². The lowest BCUT2D eigenvalue weighted by Crippen LogP contribution is -2.50. The number of hydrogen-bond donors (Lipinski definition) is 2. The standard InChI is InChI=1S/C29H41N3O5S/c1-21-17-32(22(2)20-33)29(34)25-15-10-16-26(30-38(35,36)24-13-8-5-9-14-24)28(25)37-27(21)19-31(3)18-23-11-6-4-7-12-23/h5,8-10,13-16,21-23,27,30,33H,4,6-7,11-12,17-20H2,1-3H3/t21-,22+,27+/m0/s1. The summed E-state index contributed by atoms with van der Waals surface area (Å²) in [7, 11) is -1.79. The number of nitrogens with zero attached hydrogens (tertiary/aromatic N) is 2.